The van der Waals surface area contributed by atoms with Crippen molar-refractivity contribution in [1.29, 1.82) is 0 Å². The Morgan fingerprint density at radius 3 is 2.55 bits per heavy atom. The largest absolute Gasteiger partial charge is 0.396 e. The molecule has 0 aliphatic heterocycles. The van der Waals surface area contributed by atoms with E-state index in [4.69, 9.17) is 5.11 Å². The van der Waals surface area contributed by atoms with Gasteiger partial charge in [-0.25, -0.2) is 0 Å². The molecule has 1 atom stereocenters. The summed E-state index contributed by atoms with van der Waals surface area (Å²) in [6.07, 6.45) is 10.4. The molecule has 5 heteroatoms. The fourth-order valence-electron chi connectivity index (χ4n) is 2.78. The number of amides is 1. The lowest BCUT2D eigenvalue weighted by Crippen LogP contribution is -2.23. The predicted octanol–water partition coefficient (Wildman–Crippen LogP) is 7.15. The van der Waals surface area contributed by atoms with Gasteiger partial charge in [0.1, 0.15) is 0 Å². The lowest BCUT2D eigenvalue weighted by atomic mass is 9.98. The molecule has 1 aromatic carbocycles. The molecule has 170 valence electrons. The predicted molar refractivity (Wildman–Crippen MR) is 137 cm³/mol. The summed E-state index contributed by atoms with van der Waals surface area (Å²) in [5.74, 6) is 0.259. The summed E-state index contributed by atoms with van der Waals surface area (Å²) in [6, 6.07) is 8.43. The van der Waals surface area contributed by atoms with Crippen molar-refractivity contribution < 1.29 is 9.90 Å². The monoisotopic (exact) mass is 459 g/mol. The summed E-state index contributed by atoms with van der Waals surface area (Å²) in [6.45, 7) is 8.55. The molecule has 2 rings (SSSR count). The summed E-state index contributed by atoms with van der Waals surface area (Å²) < 4.78 is 0. The molecule has 0 aromatic heterocycles. The maximum atomic E-state index is 13.3. The Kier molecular flexibility index (Phi) is 11.6. The molecule has 1 aliphatic carbocycles. The molecule has 1 unspecified atom stereocenters. The van der Waals surface area contributed by atoms with Gasteiger partial charge in [0.05, 0.1) is 5.03 Å². The number of carbonyl (C=O) groups excluding carboxylic acids is 1. The van der Waals surface area contributed by atoms with Crippen LogP contribution in [-0.4, -0.2) is 22.9 Å². The van der Waals surface area contributed by atoms with Gasteiger partial charge < -0.3 is 10.4 Å². The highest BCUT2D eigenvalue weighted by atomic mass is 32.2. The molecular weight excluding hydrogens is 422 g/mol. The Morgan fingerprint density at radius 1 is 1.26 bits per heavy atom. The molecule has 3 nitrogen and oxygen atoms in total. The minimum atomic E-state index is -0.0639. The number of hydrogen-bond acceptors (Lipinski definition) is 4. The van der Waals surface area contributed by atoms with E-state index in [2.05, 4.69) is 62.5 Å². The van der Waals surface area contributed by atoms with Gasteiger partial charge in [0.15, 0.2) is 0 Å². The van der Waals surface area contributed by atoms with Gasteiger partial charge in [-0.1, -0.05) is 75.2 Å². The summed E-state index contributed by atoms with van der Waals surface area (Å²) in [5.41, 5.74) is 2.80. The van der Waals surface area contributed by atoms with Crippen LogP contribution in [0, 0.1) is 5.92 Å². The van der Waals surface area contributed by atoms with Gasteiger partial charge in [0.2, 0.25) is 0 Å². The molecule has 2 N–H and O–H groups in total. The second kappa shape index (κ2) is 13.9. The first-order valence-electron chi connectivity index (χ1n) is 11.4. The molecule has 1 aliphatic rings. The van der Waals surface area contributed by atoms with Crippen LogP contribution in [0.4, 0.5) is 0 Å². The third-order valence-corrected chi connectivity index (χ3v) is 7.47. The van der Waals surface area contributed by atoms with Crippen molar-refractivity contribution in [2.45, 2.75) is 76.4 Å². The van der Waals surface area contributed by atoms with E-state index < -0.39 is 0 Å². The number of benzene rings is 1. The molecule has 1 amide bonds. The normalized spacial score (nSPS) is 16.4. The summed E-state index contributed by atoms with van der Waals surface area (Å²) in [5, 5.41) is 15.9. The van der Waals surface area contributed by atoms with Gasteiger partial charge in [-0.2, -0.15) is 0 Å². The number of unbranched alkanes of at least 4 members (excludes halogenated alkanes) is 1. The van der Waals surface area contributed by atoms with Gasteiger partial charge in [-0.05, 0) is 61.6 Å². The Balaban J connectivity index is 2.20. The molecule has 0 bridgehead atoms. The topological polar surface area (TPSA) is 49.3 Å². The van der Waals surface area contributed by atoms with Crippen LogP contribution >= 0.6 is 23.5 Å². The standard InChI is InChI=1S/C26H37NO2S2/c1-5-7-8-25(30-18-20(4)15-16-28)27-26(29)24(17-19(3)6-2)21-9-11-22(12-10-21)31-23-13-14-23/h8-12,17-19,23,28H,5-7,13-16H2,1-4H3,(H,27,29)/b20-18+,24-17+,25-8+. The van der Waals surface area contributed by atoms with Crippen LogP contribution in [0.1, 0.15) is 71.8 Å². The van der Waals surface area contributed by atoms with E-state index >= 15 is 0 Å². The first-order valence-corrected chi connectivity index (χ1v) is 13.2. The third-order valence-electron chi connectivity index (χ3n) is 5.08. The minimum Gasteiger partial charge on any atom is -0.396 e. The number of thioether (sulfide) groups is 2. The smallest absolute Gasteiger partial charge is 0.256 e. The van der Waals surface area contributed by atoms with Crippen molar-refractivity contribution in [2.24, 2.45) is 5.92 Å². The highest BCUT2D eigenvalue weighted by molar-refractivity contribution is 8.05. The zero-order valence-corrected chi connectivity index (χ0v) is 21.0. The van der Waals surface area contributed by atoms with Gasteiger partial charge in [-0.3, -0.25) is 4.79 Å². The average molecular weight is 460 g/mol. The van der Waals surface area contributed by atoms with Crippen LogP contribution in [0.5, 0.6) is 0 Å². The van der Waals surface area contributed by atoms with Crippen molar-refractivity contribution >= 4 is 35.0 Å². The second-order valence-electron chi connectivity index (χ2n) is 8.17. The lowest BCUT2D eigenvalue weighted by molar-refractivity contribution is -0.114. The molecular formula is C26H37NO2S2. The maximum Gasteiger partial charge on any atom is 0.256 e. The van der Waals surface area contributed by atoms with Crippen LogP contribution in [0.3, 0.4) is 0 Å². The minimum absolute atomic E-state index is 0.0639. The van der Waals surface area contributed by atoms with Gasteiger partial charge in [-0.15, -0.1) is 11.8 Å². The van der Waals surface area contributed by atoms with Gasteiger partial charge in [0.25, 0.3) is 5.91 Å². The van der Waals surface area contributed by atoms with Crippen LogP contribution in [0.2, 0.25) is 0 Å². The molecule has 0 spiro atoms. The van der Waals surface area contributed by atoms with E-state index in [1.54, 1.807) is 0 Å². The van der Waals surface area contributed by atoms with E-state index in [1.165, 1.54) is 29.5 Å². The number of hydrogen-bond donors (Lipinski definition) is 2. The van der Waals surface area contributed by atoms with Crippen molar-refractivity contribution in [1.82, 2.24) is 5.32 Å². The molecule has 31 heavy (non-hydrogen) atoms. The Labute approximate surface area is 196 Å². The van der Waals surface area contributed by atoms with Gasteiger partial charge in [0, 0.05) is 22.3 Å². The van der Waals surface area contributed by atoms with Gasteiger partial charge >= 0.3 is 0 Å². The summed E-state index contributed by atoms with van der Waals surface area (Å²) in [7, 11) is 0. The summed E-state index contributed by atoms with van der Waals surface area (Å²) >= 11 is 3.45. The number of allylic oxidation sites excluding steroid dienone is 2. The molecule has 1 fully saturated rings. The Hall–Kier alpha value is -1.43. The molecule has 0 radical (unpaired) electrons. The van der Waals surface area contributed by atoms with Crippen LogP contribution in [0.25, 0.3) is 5.57 Å². The molecule has 1 saturated carbocycles. The van der Waals surface area contributed by atoms with Crippen LogP contribution in [-0.2, 0) is 4.79 Å². The van der Waals surface area contributed by atoms with Crippen molar-refractivity contribution in [3.63, 3.8) is 0 Å². The molecule has 0 saturated heterocycles. The van der Waals surface area contributed by atoms with E-state index in [0.717, 1.165) is 46.3 Å². The number of rotatable bonds is 13. The number of carbonyl (C=O) groups is 1. The zero-order chi connectivity index (χ0) is 22.6. The quantitative estimate of drug-likeness (QED) is 0.308. The van der Waals surface area contributed by atoms with E-state index in [1.807, 2.05) is 24.1 Å². The fraction of sp³-hybridized carbons (Fsp3) is 0.500. The first kappa shape index (κ1) is 25.8. The molecule has 0 heterocycles. The number of nitrogens with one attached hydrogen (secondary N) is 1. The van der Waals surface area contributed by atoms with E-state index in [-0.39, 0.29) is 12.5 Å². The van der Waals surface area contributed by atoms with Crippen molar-refractivity contribution in [3.05, 3.63) is 58.0 Å². The second-order valence-corrected chi connectivity index (χ2v) is 10.5. The number of aliphatic hydroxyl groups is 1. The third kappa shape index (κ3) is 9.71. The summed E-state index contributed by atoms with van der Waals surface area (Å²) in [4.78, 5) is 14.6. The zero-order valence-electron chi connectivity index (χ0n) is 19.3. The van der Waals surface area contributed by atoms with E-state index in [9.17, 15) is 4.79 Å². The lowest BCUT2D eigenvalue weighted by Gasteiger charge is -2.14. The maximum absolute atomic E-state index is 13.3. The highest BCUT2D eigenvalue weighted by Crippen LogP contribution is 2.39. The van der Waals surface area contributed by atoms with Crippen molar-refractivity contribution in [2.75, 3.05) is 6.61 Å². The Morgan fingerprint density at radius 2 is 1.97 bits per heavy atom. The highest BCUT2D eigenvalue weighted by Gasteiger charge is 2.22. The fourth-order valence-corrected chi connectivity index (χ4v) is 4.64. The number of aliphatic hydroxyl groups excluding tert-OH is 1. The van der Waals surface area contributed by atoms with Crippen molar-refractivity contribution in [3.8, 4) is 0 Å². The molecule has 1 aromatic rings. The Bertz CT molecular complexity index is 792. The van der Waals surface area contributed by atoms with E-state index in [0.29, 0.717) is 12.3 Å². The van der Waals surface area contributed by atoms with Crippen LogP contribution in [0.15, 0.2) is 57.3 Å². The SMILES string of the molecule is CCC/C=C(\NC(=O)/C(=C/C(C)CC)c1ccc(SC2CC2)cc1)S/C=C(\C)CCO. The average Bonchev–Trinajstić information content (AvgIpc) is 3.58. The van der Waals surface area contributed by atoms with Crippen LogP contribution < -0.4 is 5.32 Å². The first-order chi connectivity index (χ1) is 15.0.